The first-order chi connectivity index (χ1) is 10.1. The fourth-order valence-corrected chi connectivity index (χ4v) is 3.33. The molecule has 2 heterocycles. The molecule has 0 spiro atoms. The monoisotopic (exact) mass is 305 g/mol. The van der Waals surface area contributed by atoms with Crippen LogP contribution in [0.3, 0.4) is 0 Å². The summed E-state index contributed by atoms with van der Waals surface area (Å²) in [6.45, 7) is 6.72. The molecule has 1 aromatic carbocycles. The van der Waals surface area contributed by atoms with Gasteiger partial charge in [-0.2, -0.15) is 0 Å². The Morgan fingerprint density at radius 2 is 2.29 bits per heavy atom. The lowest BCUT2D eigenvalue weighted by Crippen LogP contribution is -2.29. The molecule has 3 rings (SSSR count). The summed E-state index contributed by atoms with van der Waals surface area (Å²) in [5, 5.41) is 6.85. The highest BCUT2D eigenvalue weighted by Gasteiger charge is 2.31. The second kappa shape index (κ2) is 5.70. The van der Waals surface area contributed by atoms with Crippen LogP contribution in [0.1, 0.15) is 31.9 Å². The fraction of sp³-hybridized carbons (Fsp3) is 0.438. The predicted molar refractivity (Wildman–Crippen MR) is 87.1 cm³/mol. The molecular formula is C16H20ClN3O. The van der Waals surface area contributed by atoms with E-state index in [1.54, 1.807) is 0 Å². The van der Waals surface area contributed by atoms with Crippen molar-refractivity contribution in [1.29, 1.82) is 0 Å². The van der Waals surface area contributed by atoms with E-state index in [0.717, 1.165) is 43.0 Å². The van der Waals surface area contributed by atoms with E-state index in [2.05, 4.69) is 28.5 Å². The van der Waals surface area contributed by atoms with Crippen molar-refractivity contribution in [1.82, 2.24) is 5.32 Å². The first kappa shape index (κ1) is 14.4. The number of hydrogen-bond donors (Lipinski definition) is 2. The van der Waals surface area contributed by atoms with Crippen LogP contribution in [-0.4, -0.2) is 25.5 Å². The first-order valence-corrected chi connectivity index (χ1v) is 7.76. The highest BCUT2D eigenvalue weighted by molar-refractivity contribution is 6.33. The molecule has 5 heteroatoms. The van der Waals surface area contributed by atoms with Crippen molar-refractivity contribution in [2.24, 2.45) is 0 Å². The molecule has 2 aliphatic heterocycles. The smallest absolute Gasteiger partial charge is 0.246 e. The van der Waals surface area contributed by atoms with Crippen LogP contribution in [0, 0.1) is 0 Å². The highest BCUT2D eigenvalue weighted by atomic mass is 35.5. The molecule has 2 N–H and O–H groups in total. The van der Waals surface area contributed by atoms with Crippen LogP contribution in [0.4, 0.5) is 11.4 Å². The Labute approximate surface area is 130 Å². The van der Waals surface area contributed by atoms with Gasteiger partial charge in [0.15, 0.2) is 0 Å². The van der Waals surface area contributed by atoms with Gasteiger partial charge in [-0.15, -0.1) is 0 Å². The van der Waals surface area contributed by atoms with Crippen LogP contribution < -0.4 is 15.5 Å². The topological polar surface area (TPSA) is 44.4 Å². The summed E-state index contributed by atoms with van der Waals surface area (Å²) >= 11 is 6.47. The maximum Gasteiger partial charge on any atom is 0.246 e. The van der Waals surface area contributed by atoms with Crippen molar-refractivity contribution in [3.05, 3.63) is 34.4 Å². The zero-order chi connectivity index (χ0) is 15.0. The number of halogens is 1. The van der Waals surface area contributed by atoms with Crippen molar-refractivity contribution in [2.75, 3.05) is 29.9 Å². The van der Waals surface area contributed by atoms with Crippen molar-refractivity contribution in [3.8, 4) is 0 Å². The van der Waals surface area contributed by atoms with Crippen LogP contribution in [0.2, 0.25) is 5.02 Å². The number of rotatable bonds is 3. The Bertz CT molecular complexity index is 612. The molecule has 1 atom stereocenters. The molecule has 0 radical (unpaired) electrons. The second-order valence-electron chi connectivity index (χ2n) is 5.63. The van der Waals surface area contributed by atoms with Gasteiger partial charge in [-0.25, -0.2) is 0 Å². The van der Waals surface area contributed by atoms with E-state index in [4.69, 9.17) is 11.6 Å². The molecular weight excluding hydrogens is 286 g/mol. The second-order valence-corrected chi connectivity index (χ2v) is 6.04. The maximum absolute atomic E-state index is 12.0. The third kappa shape index (κ3) is 2.65. The summed E-state index contributed by atoms with van der Waals surface area (Å²) < 4.78 is 0. The summed E-state index contributed by atoms with van der Waals surface area (Å²) in [7, 11) is 0. The SMILES string of the molecule is CCNC1C(=O)Nc2cc(N3CCC=C(C)C3)c(Cl)cc21. The van der Waals surface area contributed by atoms with Gasteiger partial charge in [-0.3, -0.25) is 4.79 Å². The van der Waals surface area contributed by atoms with Crippen LogP contribution >= 0.6 is 11.6 Å². The fourth-order valence-electron chi connectivity index (χ4n) is 3.04. The molecule has 0 aliphatic carbocycles. The molecule has 4 nitrogen and oxygen atoms in total. The Hall–Kier alpha value is -1.52. The third-order valence-electron chi connectivity index (χ3n) is 4.03. The predicted octanol–water partition coefficient (Wildman–Crippen LogP) is 3.10. The van der Waals surface area contributed by atoms with Crippen LogP contribution in [0.15, 0.2) is 23.8 Å². The minimum Gasteiger partial charge on any atom is -0.366 e. The quantitative estimate of drug-likeness (QED) is 0.844. The zero-order valence-electron chi connectivity index (χ0n) is 12.4. The summed E-state index contributed by atoms with van der Waals surface area (Å²) in [5.41, 5.74) is 4.17. The largest absolute Gasteiger partial charge is 0.366 e. The van der Waals surface area contributed by atoms with Crippen LogP contribution in [-0.2, 0) is 4.79 Å². The van der Waals surface area contributed by atoms with Gasteiger partial charge in [0.2, 0.25) is 5.91 Å². The summed E-state index contributed by atoms with van der Waals surface area (Å²) in [6.07, 6.45) is 3.30. The Morgan fingerprint density at radius 1 is 1.48 bits per heavy atom. The summed E-state index contributed by atoms with van der Waals surface area (Å²) in [6, 6.07) is 3.64. The number of benzene rings is 1. The number of anilines is 2. The van der Waals surface area contributed by atoms with E-state index < -0.39 is 0 Å². The first-order valence-electron chi connectivity index (χ1n) is 7.38. The molecule has 112 valence electrons. The number of nitrogens with zero attached hydrogens (tertiary/aromatic N) is 1. The third-order valence-corrected chi connectivity index (χ3v) is 4.33. The molecule has 0 saturated carbocycles. The van der Waals surface area contributed by atoms with E-state index in [1.807, 2.05) is 19.1 Å². The van der Waals surface area contributed by atoms with Crippen LogP contribution in [0.25, 0.3) is 0 Å². The van der Waals surface area contributed by atoms with Gasteiger partial charge in [0, 0.05) is 24.3 Å². The molecule has 1 amide bonds. The molecule has 0 aromatic heterocycles. The molecule has 0 saturated heterocycles. The number of fused-ring (bicyclic) bond motifs is 1. The summed E-state index contributed by atoms with van der Waals surface area (Å²) in [5.74, 6) is -0.00483. The Kier molecular flexibility index (Phi) is 3.91. The van der Waals surface area contributed by atoms with E-state index >= 15 is 0 Å². The van der Waals surface area contributed by atoms with Gasteiger partial charge in [0.25, 0.3) is 0 Å². The molecule has 2 aliphatic rings. The van der Waals surface area contributed by atoms with Crippen molar-refractivity contribution in [2.45, 2.75) is 26.3 Å². The van der Waals surface area contributed by atoms with Gasteiger partial charge < -0.3 is 15.5 Å². The number of nitrogens with one attached hydrogen (secondary N) is 2. The van der Waals surface area contributed by atoms with Crippen molar-refractivity contribution >= 4 is 28.9 Å². The van der Waals surface area contributed by atoms with Gasteiger partial charge in [0.05, 0.1) is 10.7 Å². The van der Waals surface area contributed by atoms with Gasteiger partial charge in [0.1, 0.15) is 6.04 Å². The van der Waals surface area contributed by atoms with E-state index in [0.29, 0.717) is 5.02 Å². The maximum atomic E-state index is 12.0. The van der Waals surface area contributed by atoms with E-state index in [1.165, 1.54) is 5.57 Å². The van der Waals surface area contributed by atoms with Crippen molar-refractivity contribution < 1.29 is 4.79 Å². The lowest BCUT2D eigenvalue weighted by atomic mass is 10.1. The number of likely N-dealkylation sites (N-methyl/N-ethyl adjacent to an activating group) is 1. The minimum atomic E-state index is -0.292. The van der Waals surface area contributed by atoms with Gasteiger partial charge in [-0.1, -0.05) is 30.2 Å². The Balaban J connectivity index is 1.94. The minimum absolute atomic E-state index is 0.00483. The average Bonchev–Trinajstić information content (AvgIpc) is 2.74. The number of carbonyl (C=O) groups is 1. The molecule has 1 unspecified atom stereocenters. The van der Waals surface area contributed by atoms with Gasteiger partial charge in [-0.05, 0) is 32.0 Å². The standard InChI is InChI=1S/C16H20ClN3O/c1-3-18-15-11-7-12(17)14(8-13(11)19-16(15)21)20-6-4-5-10(2)9-20/h5,7-8,15,18H,3-4,6,9H2,1-2H3,(H,19,21). The average molecular weight is 306 g/mol. The van der Waals surface area contributed by atoms with Gasteiger partial charge >= 0.3 is 0 Å². The Morgan fingerprint density at radius 3 is 3.00 bits per heavy atom. The van der Waals surface area contributed by atoms with Crippen molar-refractivity contribution in [3.63, 3.8) is 0 Å². The number of carbonyl (C=O) groups excluding carboxylic acids is 1. The highest BCUT2D eigenvalue weighted by Crippen LogP contribution is 2.39. The summed E-state index contributed by atoms with van der Waals surface area (Å²) in [4.78, 5) is 14.3. The lowest BCUT2D eigenvalue weighted by Gasteiger charge is -2.29. The molecule has 21 heavy (non-hydrogen) atoms. The molecule has 0 fully saturated rings. The van der Waals surface area contributed by atoms with E-state index in [-0.39, 0.29) is 11.9 Å². The number of hydrogen-bond acceptors (Lipinski definition) is 3. The molecule has 1 aromatic rings. The molecule has 0 bridgehead atoms. The number of amides is 1. The van der Waals surface area contributed by atoms with Crippen LogP contribution in [0.5, 0.6) is 0 Å². The van der Waals surface area contributed by atoms with E-state index in [9.17, 15) is 4.79 Å². The normalized spacial score (nSPS) is 21.1. The zero-order valence-corrected chi connectivity index (χ0v) is 13.1. The lowest BCUT2D eigenvalue weighted by molar-refractivity contribution is -0.117.